The first-order valence-corrected chi connectivity index (χ1v) is 10.2. The molecule has 152 valence electrons. The zero-order valence-corrected chi connectivity index (χ0v) is 16.3. The molecule has 2 saturated heterocycles. The third-order valence-electron chi connectivity index (χ3n) is 6.21. The first kappa shape index (κ1) is 18.7. The Hall–Kier alpha value is -3.35. The summed E-state index contributed by atoms with van der Waals surface area (Å²) in [6, 6.07) is 12.7. The van der Waals surface area contributed by atoms with Crippen LogP contribution in [0.25, 0.3) is 0 Å². The Morgan fingerprint density at radius 1 is 0.833 bits per heavy atom. The second-order valence-electron chi connectivity index (χ2n) is 7.95. The van der Waals surface area contributed by atoms with Crippen LogP contribution in [0, 0.1) is 5.82 Å². The molecule has 5 rings (SSSR count). The van der Waals surface area contributed by atoms with Crippen LogP contribution < -0.4 is 0 Å². The van der Waals surface area contributed by atoms with Crippen molar-refractivity contribution >= 4 is 11.7 Å². The van der Waals surface area contributed by atoms with E-state index in [1.165, 1.54) is 24.3 Å². The van der Waals surface area contributed by atoms with Gasteiger partial charge in [-0.05, 0) is 56.0 Å². The molecule has 2 aromatic carbocycles. The van der Waals surface area contributed by atoms with Gasteiger partial charge in [0.15, 0.2) is 5.78 Å². The van der Waals surface area contributed by atoms with Gasteiger partial charge < -0.3 is 4.90 Å². The molecular formula is C23H21FN4O2. The number of carbonyl (C=O) groups excluding carboxylic acids is 2. The Morgan fingerprint density at radius 2 is 1.43 bits per heavy atom. The van der Waals surface area contributed by atoms with Crippen molar-refractivity contribution in [2.45, 2.75) is 43.8 Å². The van der Waals surface area contributed by atoms with Crippen LogP contribution in [0.1, 0.15) is 58.0 Å². The summed E-state index contributed by atoms with van der Waals surface area (Å²) < 4.78 is 13.2. The molecule has 0 radical (unpaired) electrons. The summed E-state index contributed by atoms with van der Waals surface area (Å²) in [5.74, 6) is -0.788. The Labute approximate surface area is 173 Å². The van der Waals surface area contributed by atoms with Crippen LogP contribution in [0.4, 0.5) is 4.39 Å². The van der Waals surface area contributed by atoms with Crippen molar-refractivity contribution < 1.29 is 14.0 Å². The van der Waals surface area contributed by atoms with Gasteiger partial charge in [0, 0.05) is 23.2 Å². The molecule has 2 bridgehead atoms. The third-order valence-corrected chi connectivity index (χ3v) is 6.21. The predicted molar refractivity (Wildman–Crippen MR) is 108 cm³/mol. The lowest BCUT2D eigenvalue weighted by atomic mass is 9.94. The van der Waals surface area contributed by atoms with E-state index in [2.05, 4.69) is 10.2 Å². The largest absolute Gasteiger partial charge is 0.332 e. The van der Waals surface area contributed by atoms with Gasteiger partial charge in [0.25, 0.3) is 5.91 Å². The number of fused-ring (bicyclic) bond motifs is 2. The molecule has 3 aromatic rings. The second kappa shape index (κ2) is 7.48. The van der Waals surface area contributed by atoms with E-state index in [9.17, 15) is 14.0 Å². The summed E-state index contributed by atoms with van der Waals surface area (Å²) in [5.41, 5.74) is 1.12. The molecule has 0 spiro atoms. The fourth-order valence-corrected chi connectivity index (χ4v) is 4.85. The normalized spacial score (nSPS) is 22.8. The summed E-state index contributed by atoms with van der Waals surface area (Å²) in [7, 11) is 0. The highest BCUT2D eigenvalue weighted by Crippen LogP contribution is 2.41. The van der Waals surface area contributed by atoms with Crippen molar-refractivity contribution in [2.75, 3.05) is 0 Å². The van der Waals surface area contributed by atoms with Crippen molar-refractivity contribution in [3.8, 4) is 0 Å². The summed E-state index contributed by atoms with van der Waals surface area (Å²) in [6.07, 6.45) is 6.87. The van der Waals surface area contributed by atoms with Crippen LogP contribution in [0.5, 0.6) is 0 Å². The lowest BCUT2D eigenvalue weighted by Gasteiger charge is -2.38. The minimum atomic E-state index is -0.401. The van der Waals surface area contributed by atoms with Gasteiger partial charge in [0.2, 0.25) is 0 Å². The van der Waals surface area contributed by atoms with E-state index in [0.29, 0.717) is 16.7 Å². The molecule has 3 heterocycles. The molecule has 2 atom stereocenters. The van der Waals surface area contributed by atoms with E-state index in [-0.39, 0.29) is 29.8 Å². The van der Waals surface area contributed by atoms with Gasteiger partial charge in [-0.3, -0.25) is 9.59 Å². The lowest BCUT2D eigenvalue weighted by Crippen LogP contribution is -2.47. The maximum Gasteiger partial charge on any atom is 0.255 e. The van der Waals surface area contributed by atoms with Gasteiger partial charge in [-0.1, -0.05) is 18.2 Å². The number of hydrogen-bond donors (Lipinski definition) is 0. The molecular weight excluding hydrogens is 383 g/mol. The molecule has 0 saturated carbocycles. The maximum absolute atomic E-state index is 13.5. The number of rotatable bonds is 4. The number of aromatic nitrogens is 3. The molecule has 2 aliphatic rings. The second-order valence-corrected chi connectivity index (χ2v) is 7.95. The van der Waals surface area contributed by atoms with Crippen LogP contribution in [0.15, 0.2) is 60.9 Å². The van der Waals surface area contributed by atoms with Gasteiger partial charge in [0.05, 0.1) is 24.0 Å². The van der Waals surface area contributed by atoms with Gasteiger partial charge in [-0.25, -0.2) is 4.39 Å². The predicted octanol–water partition coefficient (Wildman–Crippen LogP) is 3.66. The fraction of sp³-hybridized carbons (Fsp3) is 0.304. The number of halogens is 1. The fourth-order valence-electron chi connectivity index (χ4n) is 4.85. The summed E-state index contributed by atoms with van der Waals surface area (Å²) in [6.45, 7) is 0. The van der Waals surface area contributed by atoms with Gasteiger partial charge in [-0.2, -0.15) is 15.0 Å². The Balaban J connectivity index is 1.42. The summed E-state index contributed by atoms with van der Waals surface area (Å²) >= 11 is 0. The summed E-state index contributed by atoms with van der Waals surface area (Å²) in [4.78, 5) is 30.3. The van der Waals surface area contributed by atoms with E-state index < -0.39 is 5.82 Å². The number of benzene rings is 2. The molecule has 7 heteroatoms. The van der Waals surface area contributed by atoms with Crippen molar-refractivity contribution in [3.05, 3.63) is 83.4 Å². The molecule has 2 aliphatic heterocycles. The quantitative estimate of drug-likeness (QED) is 0.623. The van der Waals surface area contributed by atoms with Crippen molar-refractivity contribution in [1.29, 1.82) is 0 Å². The molecule has 2 unspecified atom stereocenters. The molecule has 1 aromatic heterocycles. The van der Waals surface area contributed by atoms with Crippen LogP contribution in [0.3, 0.4) is 0 Å². The van der Waals surface area contributed by atoms with Gasteiger partial charge in [0.1, 0.15) is 5.82 Å². The van der Waals surface area contributed by atoms with Crippen molar-refractivity contribution in [2.24, 2.45) is 0 Å². The minimum Gasteiger partial charge on any atom is -0.332 e. The Kier molecular flexibility index (Phi) is 4.65. The number of nitrogens with zero attached hydrogens (tertiary/aromatic N) is 4. The number of piperidine rings is 1. The monoisotopic (exact) mass is 404 g/mol. The molecule has 30 heavy (non-hydrogen) atoms. The Bertz CT molecular complexity index is 1070. The van der Waals surface area contributed by atoms with Gasteiger partial charge in [-0.15, -0.1) is 0 Å². The topological polar surface area (TPSA) is 68.1 Å². The Morgan fingerprint density at radius 3 is 2.07 bits per heavy atom. The highest BCUT2D eigenvalue weighted by molar-refractivity contribution is 6.15. The zero-order valence-electron chi connectivity index (χ0n) is 16.3. The first-order chi connectivity index (χ1) is 14.6. The highest BCUT2D eigenvalue weighted by Gasteiger charge is 2.45. The average Bonchev–Trinajstić information content (AvgIpc) is 3.40. The number of amides is 1. The molecule has 1 amide bonds. The van der Waals surface area contributed by atoms with E-state index in [4.69, 9.17) is 0 Å². The first-order valence-electron chi connectivity index (χ1n) is 10.2. The number of carbonyl (C=O) groups is 2. The molecule has 0 N–H and O–H groups in total. The maximum atomic E-state index is 13.5. The van der Waals surface area contributed by atoms with Crippen LogP contribution in [-0.2, 0) is 0 Å². The summed E-state index contributed by atoms with van der Waals surface area (Å²) in [5, 5.41) is 8.54. The standard InChI is InChI=1S/C23H21FN4O2/c24-16-7-5-15(6-8-16)22(29)20-3-1-2-4-21(20)23(30)27-17-9-10-18(27)14-19(13-17)28-25-11-12-26-28/h1-8,11-12,17-19H,9-10,13-14H2. The highest BCUT2D eigenvalue weighted by atomic mass is 19.1. The number of ketones is 1. The smallest absolute Gasteiger partial charge is 0.255 e. The van der Waals surface area contributed by atoms with E-state index in [1.54, 1.807) is 41.5 Å². The molecule has 2 fully saturated rings. The van der Waals surface area contributed by atoms with Crippen LogP contribution in [0.2, 0.25) is 0 Å². The van der Waals surface area contributed by atoms with Crippen LogP contribution >= 0.6 is 0 Å². The van der Waals surface area contributed by atoms with E-state index in [0.717, 1.165) is 25.7 Å². The van der Waals surface area contributed by atoms with Crippen molar-refractivity contribution in [3.63, 3.8) is 0 Å². The molecule has 0 aliphatic carbocycles. The average molecular weight is 404 g/mol. The SMILES string of the molecule is O=C(c1ccc(F)cc1)c1ccccc1C(=O)N1C2CCC1CC(n1nccn1)C2. The van der Waals surface area contributed by atoms with Crippen molar-refractivity contribution in [1.82, 2.24) is 19.9 Å². The van der Waals surface area contributed by atoms with E-state index >= 15 is 0 Å². The molecule has 6 nitrogen and oxygen atoms in total. The minimum absolute atomic E-state index is 0.111. The van der Waals surface area contributed by atoms with E-state index in [1.807, 2.05) is 4.90 Å². The third kappa shape index (κ3) is 3.20. The lowest BCUT2D eigenvalue weighted by molar-refractivity contribution is 0.0510. The number of hydrogen-bond acceptors (Lipinski definition) is 4. The van der Waals surface area contributed by atoms with Gasteiger partial charge >= 0.3 is 0 Å². The van der Waals surface area contributed by atoms with Crippen LogP contribution in [-0.4, -0.2) is 43.7 Å². The zero-order chi connectivity index (χ0) is 20.7.